The summed E-state index contributed by atoms with van der Waals surface area (Å²) in [5, 5.41) is 36.3. The van der Waals surface area contributed by atoms with E-state index in [0.717, 1.165) is 11.1 Å². The van der Waals surface area contributed by atoms with Crippen LogP contribution in [-0.4, -0.2) is 41.8 Å². The molecule has 0 aliphatic heterocycles. The van der Waals surface area contributed by atoms with E-state index in [2.05, 4.69) is 0 Å². The molecular formula is C30H32O8. The van der Waals surface area contributed by atoms with Crippen LogP contribution in [0, 0.1) is 6.92 Å². The number of ether oxygens (including phenoxy) is 4. The number of phenolic OH excluding ortho intramolecular Hbond substituents is 4. The standard InChI is InChI=1S/C15H14O3.C8H10O2.C7H8O3/c1-17-14-9-13(16)10-15(11-14)18-8-7-12-5-3-2-4-6-12;1-6-3-7(9)5-8(4-6)10-2;1-10-7-3-5(8)2-6(9)4-7/h2-11,16H,1H3;3-5,9H,1-2H3;2-4,8-9H,1H3/b8-7+;;. The third kappa shape index (κ3) is 10.7. The van der Waals surface area contributed by atoms with Crippen molar-refractivity contribution in [1.29, 1.82) is 0 Å². The normalized spacial score (nSPS) is 9.89. The van der Waals surface area contributed by atoms with Gasteiger partial charge in [0.1, 0.15) is 46.0 Å². The molecule has 200 valence electrons. The maximum atomic E-state index is 9.46. The molecule has 0 spiro atoms. The van der Waals surface area contributed by atoms with Gasteiger partial charge in [0.25, 0.3) is 0 Å². The van der Waals surface area contributed by atoms with E-state index in [-0.39, 0.29) is 23.0 Å². The summed E-state index contributed by atoms with van der Waals surface area (Å²) in [4.78, 5) is 0. The zero-order valence-corrected chi connectivity index (χ0v) is 21.7. The van der Waals surface area contributed by atoms with Gasteiger partial charge in [-0.3, -0.25) is 0 Å². The highest BCUT2D eigenvalue weighted by atomic mass is 16.5. The van der Waals surface area contributed by atoms with E-state index in [0.29, 0.717) is 23.0 Å². The van der Waals surface area contributed by atoms with E-state index in [1.807, 2.05) is 49.4 Å². The van der Waals surface area contributed by atoms with Gasteiger partial charge in [-0.25, -0.2) is 0 Å². The Morgan fingerprint density at radius 3 is 1.50 bits per heavy atom. The lowest BCUT2D eigenvalue weighted by molar-refractivity contribution is 0.398. The van der Waals surface area contributed by atoms with Crippen LogP contribution in [0.2, 0.25) is 0 Å². The van der Waals surface area contributed by atoms with Crippen molar-refractivity contribution in [1.82, 2.24) is 0 Å². The Kier molecular flexibility index (Phi) is 11.7. The Morgan fingerprint density at radius 1 is 0.526 bits per heavy atom. The van der Waals surface area contributed by atoms with Gasteiger partial charge in [0, 0.05) is 42.5 Å². The van der Waals surface area contributed by atoms with Crippen molar-refractivity contribution in [2.75, 3.05) is 21.3 Å². The molecule has 38 heavy (non-hydrogen) atoms. The molecule has 0 amide bonds. The van der Waals surface area contributed by atoms with E-state index in [1.54, 1.807) is 38.7 Å². The number of hydrogen-bond acceptors (Lipinski definition) is 8. The molecule has 0 radical (unpaired) electrons. The minimum atomic E-state index is -0.00292. The first-order valence-electron chi connectivity index (χ1n) is 11.4. The van der Waals surface area contributed by atoms with Gasteiger partial charge in [0.15, 0.2) is 0 Å². The molecule has 0 saturated carbocycles. The quantitative estimate of drug-likeness (QED) is 0.220. The Morgan fingerprint density at radius 2 is 0.974 bits per heavy atom. The topological polar surface area (TPSA) is 118 Å². The van der Waals surface area contributed by atoms with Gasteiger partial charge in [-0.05, 0) is 36.3 Å². The summed E-state index contributed by atoms with van der Waals surface area (Å²) in [5.74, 6) is 2.56. The average molecular weight is 521 g/mol. The molecule has 0 heterocycles. The van der Waals surface area contributed by atoms with Crippen molar-refractivity contribution in [2.45, 2.75) is 6.92 Å². The first-order valence-corrected chi connectivity index (χ1v) is 11.4. The second-order valence-corrected chi connectivity index (χ2v) is 7.80. The molecule has 0 atom stereocenters. The maximum absolute atomic E-state index is 9.46. The summed E-state index contributed by atoms with van der Waals surface area (Å²) in [6, 6.07) is 23.8. The van der Waals surface area contributed by atoms with E-state index < -0.39 is 0 Å². The fraction of sp³-hybridized carbons (Fsp3) is 0.133. The number of aryl methyl sites for hydroxylation is 1. The number of methoxy groups -OCH3 is 3. The van der Waals surface area contributed by atoms with Crippen molar-refractivity contribution in [2.24, 2.45) is 0 Å². The van der Waals surface area contributed by atoms with E-state index in [4.69, 9.17) is 34.3 Å². The average Bonchev–Trinajstić information content (AvgIpc) is 2.88. The molecule has 0 saturated heterocycles. The van der Waals surface area contributed by atoms with Crippen molar-refractivity contribution in [3.63, 3.8) is 0 Å². The van der Waals surface area contributed by atoms with Crippen LogP contribution < -0.4 is 18.9 Å². The first-order chi connectivity index (χ1) is 18.2. The smallest absolute Gasteiger partial charge is 0.133 e. The Hall–Kier alpha value is -4.98. The molecule has 0 fully saturated rings. The second kappa shape index (κ2) is 15.2. The molecule has 4 N–H and O–H groups in total. The van der Waals surface area contributed by atoms with Gasteiger partial charge in [0.05, 0.1) is 27.6 Å². The van der Waals surface area contributed by atoms with Gasteiger partial charge in [-0.15, -0.1) is 0 Å². The van der Waals surface area contributed by atoms with Gasteiger partial charge < -0.3 is 39.4 Å². The van der Waals surface area contributed by atoms with Crippen molar-refractivity contribution < 1.29 is 39.4 Å². The van der Waals surface area contributed by atoms with E-state index >= 15 is 0 Å². The highest BCUT2D eigenvalue weighted by molar-refractivity contribution is 5.49. The molecule has 0 aliphatic rings. The van der Waals surface area contributed by atoms with E-state index in [1.165, 1.54) is 37.4 Å². The first kappa shape index (κ1) is 29.3. The zero-order chi connectivity index (χ0) is 27.9. The van der Waals surface area contributed by atoms with Gasteiger partial charge in [0.2, 0.25) is 0 Å². The van der Waals surface area contributed by atoms with E-state index in [9.17, 15) is 5.11 Å². The highest BCUT2D eigenvalue weighted by Crippen LogP contribution is 2.27. The number of hydrogen-bond donors (Lipinski definition) is 4. The minimum Gasteiger partial charge on any atom is -0.508 e. The molecule has 0 bridgehead atoms. The second-order valence-electron chi connectivity index (χ2n) is 7.80. The van der Waals surface area contributed by atoms with Crippen LogP contribution in [-0.2, 0) is 0 Å². The summed E-state index contributed by atoms with van der Waals surface area (Å²) < 4.78 is 20.1. The number of rotatable bonds is 6. The molecule has 8 heteroatoms. The Balaban J connectivity index is 0.000000216. The number of benzene rings is 4. The summed E-state index contributed by atoms with van der Waals surface area (Å²) >= 11 is 0. The predicted octanol–water partition coefficient (Wildman–Crippen LogP) is 6.27. The largest absolute Gasteiger partial charge is 0.508 e. The van der Waals surface area contributed by atoms with Crippen LogP contribution in [0.5, 0.6) is 46.0 Å². The third-order valence-electron chi connectivity index (χ3n) is 4.75. The molecule has 4 rings (SSSR count). The zero-order valence-electron chi connectivity index (χ0n) is 21.7. The third-order valence-corrected chi connectivity index (χ3v) is 4.75. The lowest BCUT2D eigenvalue weighted by atomic mass is 10.2. The molecule has 0 aromatic heterocycles. The summed E-state index contributed by atoms with van der Waals surface area (Å²) in [7, 11) is 4.58. The summed E-state index contributed by atoms with van der Waals surface area (Å²) in [6.45, 7) is 1.90. The van der Waals surface area contributed by atoms with Crippen LogP contribution >= 0.6 is 0 Å². The molecule has 0 unspecified atom stereocenters. The fourth-order valence-corrected chi connectivity index (χ4v) is 3.03. The Labute approximate surface area is 222 Å². The molecule has 4 aromatic rings. The minimum absolute atomic E-state index is 0.00292. The van der Waals surface area contributed by atoms with Crippen molar-refractivity contribution in [3.05, 3.63) is 102 Å². The predicted molar refractivity (Wildman–Crippen MR) is 146 cm³/mol. The lowest BCUT2D eigenvalue weighted by Gasteiger charge is -2.04. The molecule has 0 aliphatic carbocycles. The van der Waals surface area contributed by atoms with Crippen molar-refractivity contribution in [3.8, 4) is 46.0 Å². The summed E-state index contributed by atoms with van der Waals surface area (Å²) in [6.07, 6.45) is 3.42. The van der Waals surface area contributed by atoms with Crippen LogP contribution in [0.25, 0.3) is 6.08 Å². The Bertz CT molecular complexity index is 1210. The monoisotopic (exact) mass is 520 g/mol. The van der Waals surface area contributed by atoms with Crippen LogP contribution in [0.3, 0.4) is 0 Å². The molecule has 4 aromatic carbocycles. The number of phenols is 4. The van der Waals surface area contributed by atoms with Crippen LogP contribution in [0.4, 0.5) is 0 Å². The summed E-state index contributed by atoms with van der Waals surface area (Å²) in [5.41, 5.74) is 2.04. The number of aromatic hydroxyl groups is 4. The van der Waals surface area contributed by atoms with Gasteiger partial charge >= 0.3 is 0 Å². The van der Waals surface area contributed by atoms with Crippen LogP contribution in [0.15, 0.2) is 91.2 Å². The lowest BCUT2D eigenvalue weighted by Crippen LogP contribution is -1.86. The maximum Gasteiger partial charge on any atom is 0.133 e. The van der Waals surface area contributed by atoms with Gasteiger partial charge in [-0.2, -0.15) is 0 Å². The highest BCUT2D eigenvalue weighted by Gasteiger charge is 2.00. The molecule has 8 nitrogen and oxygen atoms in total. The molecular weight excluding hydrogens is 488 g/mol. The van der Waals surface area contributed by atoms with Gasteiger partial charge in [-0.1, -0.05) is 30.3 Å². The van der Waals surface area contributed by atoms with Crippen LogP contribution in [0.1, 0.15) is 11.1 Å². The van der Waals surface area contributed by atoms with Crippen molar-refractivity contribution >= 4 is 6.08 Å². The fourth-order valence-electron chi connectivity index (χ4n) is 3.03. The SMILES string of the molecule is COc1cc(C)cc(O)c1.COc1cc(O)cc(O)c1.COc1cc(O)cc(O/C=C/c2ccccc2)c1.